The summed E-state index contributed by atoms with van der Waals surface area (Å²) in [7, 11) is 1.65. The molecule has 5 nitrogen and oxygen atoms in total. The zero-order valence-corrected chi connectivity index (χ0v) is 16.5. The molecule has 0 aliphatic heterocycles. The average Bonchev–Trinajstić information content (AvgIpc) is 2.66. The normalized spacial score (nSPS) is 11.8. The fourth-order valence-electron chi connectivity index (χ4n) is 3.25. The number of amides is 1. The van der Waals surface area contributed by atoms with Crippen LogP contribution >= 0.6 is 0 Å². The summed E-state index contributed by atoms with van der Waals surface area (Å²) in [5.74, 6) is -0.588. The smallest absolute Gasteiger partial charge is 0.418 e. The Bertz CT molecular complexity index is 1120. The first-order valence-electron chi connectivity index (χ1n) is 9.37. The van der Waals surface area contributed by atoms with Crippen molar-refractivity contribution in [2.45, 2.75) is 26.1 Å². The van der Waals surface area contributed by atoms with Gasteiger partial charge in [0.1, 0.15) is 5.58 Å². The topological polar surface area (TPSA) is 62.6 Å². The zero-order valence-electron chi connectivity index (χ0n) is 16.5. The quantitative estimate of drug-likeness (QED) is 0.601. The number of likely N-dealkylation sites (N-methyl/N-ethyl adjacent to an activating group) is 1. The molecular formula is C22H21F3N2O3. The van der Waals surface area contributed by atoms with Crippen LogP contribution in [0.4, 0.5) is 18.9 Å². The number of anilines is 1. The highest BCUT2D eigenvalue weighted by atomic mass is 19.4. The van der Waals surface area contributed by atoms with Gasteiger partial charge in [-0.15, -0.1) is 0 Å². The summed E-state index contributed by atoms with van der Waals surface area (Å²) in [6.07, 6.45) is -3.77. The SMILES string of the molecule is CCc1ccc2c(CN(C)CC(=O)Nc3ccccc3C(F)(F)F)cc(=O)oc2c1. The number of halogens is 3. The van der Waals surface area contributed by atoms with E-state index in [1.807, 2.05) is 19.1 Å². The van der Waals surface area contributed by atoms with Crippen LogP contribution < -0.4 is 10.9 Å². The van der Waals surface area contributed by atoms with Crippen molar-refractivity contribution in [2.75, 3.05) is 18.9 Å². The number of para-hydroxylation sites is 1. The van der Waals surface area contributed by atoms with Crippen LogP contribution in [0.5, 0.6) is 0 Å². The van der Waals surface area contributed by atoms with E-state index in [-0.39, 0.29) is 18.8 Å². The van der Waals surface area contributed by atoms with Crippen molar-refractivity contribution in [2.24, 2.45) is 0 Å². The van der Waals surface area contributed by atoms with E-state index in [0.29, 0.717) is 11.1 Å². The summed E-state index contributed by atoms with van der Waals surface area (Å²) < 4.78 is 44.5. The Morgan fingerprint density at radius 3 is 2.57 bits per heavy atom. The molecule has 0 bridgehead atoms. The fourth-order valence-corrected chi connectivity index (χ4v) is 3.25. The van der Waals surface area contributed by atoms with Crippen LogP contribution in [0.25, 0.3) is 11.0 Å². The van der Waals surface area contributed by atoms with Crippen molar-refractivity contribution in [1.82, 2.24) is 4.90 Å². The molecule has 0 aliphatic carbocycles. The Kier molecular flexibility index (Phi) is 6.26. The van der Waals surface area contributed by atoms with E-state index in [4.69, 9.17) is 4.42 Å². The number of rotatable bonds is 6. The van der Waals surface area contributed by atoms with Gasteiger partial charge in [-0.25, -0.2) is 4.79 Å². The monoisotopic (exact) mass is 418 g/mol. The molecule has 2 aromatic carbocycles. The minimum atomic E-state index is -4.57. The van der Waals surface area contributed by atoms with Gasteiger partial charge in [-0.3, -0.25) is 9.69 Å². The Morgan fingerprint density at radius 2 is 1.87 bits per heavy atom. The van der Waals surface area contributed by atoms with Gasteiger partial charge in [-0.05, 0) is 42.8 Å². The molecular weight excluding hydrogens is 397 g/mol. The third-order valence-corrected chi connectivity index (χ3v) is 4.66. The van der Waals surface area contributed by atoms with Crippen LogP contribution in [0, 0.1) is 0 Å². The summed E-state index contributed by atoms with van der Waals surface area (Å²) in [5.41, 5.74) is 0.478. The molecule has 0 fully saturated rings. The van der Waals surface area contributed by atoms with Crippen LogP contribution in [0.1, 0.15) is 23.6 Å². The standard InChI is InChI=1S/C22H21F3N2O3/c1-3-14-8-9-16-15(11-21(29)30-19(16)10-14)12-27(2)13-20(28)26-18-7-5-4-6-17(18)22(23,24)25/h4-11H,3,12-13H2,1-2H3,(H,26,28). The van der Waals surface area contributed by atoms with Gasteiger partial charge in [0.2, 0.25) is 5.91 Å². The second-order valence-corrected chi connectivity index (χ2v) is 7.04. The zero-order chi connectivity index (χ0) is 21.9. The third kappa shape index (κ3) is 5.07. The van der Waals surface area contributed by atoms with Gasteiger partial charge in [0.05, 0.1) is 17.8 Å². The van der Waals surface area contributed by atoms with Crippen molar-refractivity contribution in [3.05, 3.63) is 75.6 Å². The number of carbonyl (C=O) groups is 1. The van der Waals surface area contributed by atoms with Gasteiger partial charge in [-0.1, -0.05) is 31.2 Å². The van der Waals surface area contributed by atoms with Gasteiger partial charge in [0, 0.05) is 18.0 Å². The first-order chi connectivity index (χ1) is 14.2. The van der Waals surface area contributed by atoms with Gasteiger partial charge in [0.15, 0.2) is 0 Å². The summed E-state index contributed by atoms with van der Waals surface area (Å²) in [6, 6.07) is 11.8. The third-order valence-electron chi connectivity index (χ3n) is 4.66. The van der Waals surface area contributed by atoms with Crippen molar-refractivity contribution >= 4 is 22.6 Å². The van der Waals surface area contributed by atoms with E-state index in [9.17, 15) is 22.8 Å². The van der Waals surface area contributed by atoms with Crippen molar-refractivity contribution in [3.8, 4) is 0 Å². The van der Waals surface area contributed by atoms with E-state index in [1.165, 1.54) is 24.3 Å². The van der Waals surface area contributed by atoms with Crippen molar-refractivity contribution in [3.63, 3.8) is 0 Å². The molecule has 1 amide bonds. The molecule has 158 valence electrons. The lowest BCUT2D eigenvalue weighted by atomic mass is 10.1. The van der Waals surface area contributed by atoms with Gasteiger partial charge >= 0.3 is 11.8 Å². The second kappa shape index (κ2) is 8.71. The number of benzene rings is 2. The number of fused-ring (bicyclic) bond motifs is 1. The number of nitrogens with one attached hydrogen (secondary N) is 1. The molecule has 1 N–H and O–H groups in total. The van der Waals surface area contributed by atoms with Crippen LogP contribution in [0.2, 0.25) is 0 Å². The molecule has 1 heterocycles. The summed E-state index contributed by atoms with van der Waals surface area (Å²) >= 11 is 0. The van der Waals surface area contributed by atoms with Gasteiger partial charge < -0.3 is 9.73 Å². The van der Waals surface area contributed by atoms with E-state index < -0.39 is 23.3 Å². The highest BCUT2D eigenvalue weighted by Gasteiger charge is 2.33. The lowest BCUT2D eigenvalue weighted by molar-refractivity contribution is -0.137. The predicted molar refractivity (Wildman–Crippen MR) is 108 cm³/mol. The molecule has 30 heavy (non-hydrogen) atoms. The average molecular weight is 418 g/mol. The number of aryl methyl sites for hydroxylation is 1. The van der Waals surface area contributed by atoms with Crippen molar-refractivity contribution in [1.29, 1.82) is 0 Å². The Hall–Kier alpha value is -3.13. The van der Waals surface area contributed by atoms with E-state index in [0.717, 1.165) is 23.4 Å². The molecule has 3 aromatic rings. The fraction of sp³-hybridized carbons (Fsp3) is 0.273. The van der Waals surface area contributed by atoms with E-state index >= 15 is 0 Å². The Labute approximate surface area is 171 Å². The Morgan fingerprint density at radius 1 is 1.13 bits per heavy atom. The molecule has 0 aliphatic rings. The van der Waals surface area contributed by atoms with E-state index in [2.05, 4.69) is 5.32 Å². The molecule has 0 saturated heterocycles. The number of alkyl halides is 3. The van der Waals surface area contributed by atoms with Crippen LogP contribution in [0.15, 0.2) is 57.7 Å². The maximum Gasteiger partial charge on any atom is 0.418 e. The maximum atomic E-state index is 13.1. The number of hydrogen-bond donors (Lipinski definition) is 1. The molecule has 8 heteroatoms. The molecule has 0 unspecified atom stereocenters. The van der Waals surface area contributed by atoms with Crippen LogP contribution in [0.3, 0.4) is 0 Å². The first-order valence-corrected chi connectivity index (χ1v) is 9.37. The van der Waals surface area contributed by atoms with Crippen LogP contribution in [-0.2, 0) is 23.9 Å². The highest BCUT2D eigenvalue weighted by molar-refractivity contribution is 5.93. The van der Waals surface area contributed by atoms with Crippen LogP contribution in [-0.4, -0.2) is 24.4 Å². The molecule has 0 spiro atoms. The second-order valence-electron chi connectivity index (χ2n) is 7.04. The predicted octanol–water partition coefficient (Wildman–Crippen LogP) is 4.44. The number of hydrogen-bond acceptors (Lipinski definition) is 4. The van der Waals surface area contributed by atoms with Gasteiger partial charge in [-0.2, -0.15) is 13.2 Å². The molecule has 3 rings (SSSR count). The van der Waals surface area contributed by atoms with Crippen molar-refractivity contribution < 1.29 is 22.4 Å². The summed E-state index contributed by atoms with van der Waals surface area (Å²) in [6.45, 7) is 2.09. The minimum absolute atomic E-state index is 0.152. The lowest BCUT2D eigenvalue weighted by Gasteiger charge is -2.18. The first kappa shape index (κ1) is 21.6. The number of nitrogens with zero attached hydrogens (tertiary/aromatic N) is 1. The summed E-state index contributed by atoms with van der Waals surface area (Å²) in [5, 5.41) is 3.07. The maximum absolute atomic E-state index is 13.1. The Balaban J connectivity index is 1.74. The minimum Gasteiger partial charge on any atom is -0.423 e. The van der Waals surface area contributed by atoms with E-state index in [1.54, 1.807) is 18.0 Å². The molecule has 0 atom stereocenters. The lowest BCUT2D eigenvalue weighted by Crippen LogP contribution is -2.30. The highest BCUT2D eigenvalue weighted by Crippen LogP contribution is 2.34. The largest absolute Gasteiger partial charge is 0.423 e. The van der Waals surface area contributed by atoms with Gasteiger partial charge in [0.25, 0.3) is 0 Å². The summed E-state index contributed by atoms with van der Waals surface area (Å²) in [4.78, 5) is 25.8. The molecule has 0 saturated carbocycles. The molecule has 1 aromatic heterocycles. The number of carbonyl (C=O) groups excluding carboxylic acids is 1. The molecule has 0 radical (unpaired) electrons.